The maximum atomic E-state index is 12.1. The lowest BCUT2D eigenvalue weighted by atomic mass is 9.93. The van der Waals surface area contributed by atoms with E-state index in [0.717, 1.165) is 0 Å². The number of nitrogens with zero attached hydrogens (tertiary/aromatic N) is 1. The summed E-state index contributed by atoms with van der Waals surface area (Å²) >= 11 is 0. The lowest BCUT2D eigenvalue weighted by molar-refractivity contribution is -0.160. The van der Waals surface area contributed by atoms with Crippen molar-refractivity contribution < 1.29 is 27.5 Å². The summed E-state index contributed by atoms with van der Waals surface area (Å²) < 4.78 is 39.8. The zero-order valence-corrected chi connectivity index (χ0v) is 12.4. The third-order valence-corrected chi connectivity index (χ3v) is 3.11. The van der Waals surface area contributed by atoms with E-state index in [0.29, 0.717) is 25.9 Å². The number of ether oxygens (including phenoxy) is 1. The number of carbonyl (C=O) groups is 2. The summed E-state index contributed by atoms with van der Waals surface area (Å²) in [5.74, 6) is 0.0283. The van der Waals surface area contributed by atoms with Crippen LogP contribution in [0.25, 0.3) is 0 Å². The molecular weight excluding hydrogens is 289 g/mol. The number of alkyl carbamates (subject to hydrolysis) is 1. The highest BCUT2D eigenvalue weighted by Gasteiger charge is 2.32. The minimum absolute atomic E-state index is 0.0283. The van der Waals surface area contributed by atoms with Gasteiger partial charge in [0, 0.05) is 24.5 Å². The van der Waals surface area contributed by atoms with E-state index in [4.69, 9.17) is 0 Å². The lowest BCUT2D eigenvalue weighted by Gasteiger charge is -2.35. The molecule has 1 aliphatic rings. The molecule has 0 aromatic heterocycles. The molecule has 1 saturated heterocycles. The summed E-state index contributed by atoms with van der Waals surface area (Å²) in [7, 11) is 0. The number of nitrogens with one attached hydrogen (secondary N) is 1. The summed E-state index contributed by atoms with van der Waals surface area (Å²) in [4.78, 5) is 25.0. The van der Waals surface area contributed by atoms with Crippen molar-refractivity contribution in [1.82, 2.24) is 10.2 Å². The Balaban J connectivity index is 2.34. The Morgan fingerprint density at radius 2 is 1.71 bits per heavy atom. The first kappa shape index (κ1) is 17.6. The van der Waals surface area contributed by atoms with Crippen LogP contribution in [0.4, 0.5) is 18.0 Å². The van der Waals surface area contributed by atoms with Gasteiger partial charge in [0.25, 0.3) is 0 Å². The molecule has 1 heterocycles. The van der Waals surface area contributed by atoms with Gasteiger partial charge in [0.1, 0.15) is 0 Å². The molecule has 0 radical (unpaired) electrons. The third-order valence-electron chi connectivity index (χ3n) is 3.11. The first-order chi connectivity index (χ1) is 9.49. The molecule has 5 nitrogen and oxygen atoms in total. The van der Waals surface area contributed by atoms with E-state index in [-0.39, 0.29) is 11.9 Å². The maximum absolute atomic E-state index is 12.1. The van der Waals surface area contributed by atoms with Gasteiger partial charge in [-0.3, -0.25) is 4.79 Å². The van der Waals surface area contributed by atoms with E-state index in [1.165, 1.54) is 0 Å². The number of rotatable bonds is 2. The van der Waals surface area contributed by atoms with E-state index >= 15 is 0 Å². The molecule has 0 bridgehead atoms. The van der Waals surface area contributed by atoms with Crippen molar-refractivity contribution in [3.8, 4) is 0 Å². The van der Waals surface area contributed by atoms with Crippen LogP contribution in [0, 0.1) is 5.41 Å². The monoisotopic (exact) mass is 310 g/mol. The molecule has 1 fully saturated rings. The quantitative estimate of drug-likeness (QED) is 0.851. The molecule has 21 heavy (non-hydrogen) atoms. The van der Waals surface area contributed by atoms with Crippen LogP contribution in [-0.2, 0) is 9.53 Å². The van der Waals surface area contributed by atoms with Gasteiger partial charge in [-0.25, -0.2) is 4.79 Å². The van der Waals surface area contributed by atoms with Gasteiger partial charge in [-0.2, -0.15) is 13.2 Å². The molecule has 0 saturated carbocycles. The van der Waals surface area contributed by atoms with Crippen molar-refractivity contribution >= 4 is 12.0 Å². The molecule has 1 N–H and O–H groups in total. The number of hydrogen-bond donors (Lipinski definition) is 1. The van der Waals surface area contributed by atoms with Crippen LogP contribution in [0.2, 0.25) is 0 Å². The van der Waals surface area contributed by atoms with Crippen LogP contribution in [0.3, 0.4) is 0 Å². The van der Waals surface area contributed by atoms with Crippen molar-refractivity contribution in [2.75, 3.05) is 19.7 Å². The molecule has 2 amide bonds. The Labute approximate surface area is 121 Å². The molecule has 0 spiro atoms. The van der Waals surface area contributed by atoms with Gasteiger partial charge in [-0.1, -0.05) is 20.8 Å². The van der Waals surface area contributed by atoms with E-state index in [9.17, 15) is 22.8 Å². The second-order valence-corrected chi connectivity index (χ2v) is 6.15. The number of carbonyl (C=O) groups excluding carboxylic acids is 2. The number of halogens is 3. The van der Waals surface area contributed by atoms with Crippen LogP contribution in [0.1, 0.15) is 33.6 Å². The van der Waals surface area contributed by atoms with Crippen molar-refractivity contribution in [3.05, 3.63) is 0 Å². The van der Waals surface area contributed by atoms with Crippen molar-refractivity contribution in [1.29, 1.82) is 0 Å². The summed E-state index contributed by atoms with van der Waals surface area (Å²) in [6.07, 6.45) is -4.60. The Kier molecular flexibility index (Phi) is 5.47. The number of likely N-dealkylation sites (tertiary alicyclic amines) is 1. The highest BCUT2D eigenvalue weighted by molar-refractivity contribution is 5.81. The van der Waals surface area contributed by atoms with Crippen LogP contribution in [-0.4, -0.2) is 48.8 Å². The van der Waals surface area contributed by atoms with Gasteiger partial charge in [-0.15, -0.1) is 0 Å². The minimum Gasteiger partial charge on any atom is -0.440 e. The highest BCUT2D eigenvalue weighted by atomic mass is 19.4. The van der Waals surface area contributed by atoms with Gasteiger partial charge in [0.15, 0.2) is 6.61 Å². The molecule has 1 rings (SSSR count). The highest BCUT2D eigenvalue weighted by Crippen LogP contribution is 2.21. The van der Waals surface area contributed by atoms with Crippen molar-refractivity contribution in [2.45, 2.75) is 45.8 Å². The second kappa shape index (κ2) is 6.53. The van der Waals surface area contributed by atoms with Crippen LogP contribution in [0.15, 0.2) is 0 Å². The number of amides is 2. The second-order valence-electron chi connectivity index (χ2n) is 6.15. The summed E-state index contributed by atoms with van der Waals surface area (Å²) in [5.41, 5.74) is -0.466. The molecule has 0 aliphatic carbocycles. The van der Waals surface area contributed by atoms with Gasteiger partial charge >= 0.3 is 12.3 Å². The molecule has 0 aromatic rings. The van der Waals surface area contributed by atoms with E-state index < -0.39 is 24.3 Å². The largest absolute Gasteiger partial charge is 0.440 e. The number of alkyl halides is 3. The topological polar surface area (TPSA) is 58.6 Å². The SMILES string of the molecule is CC(C)(C)C(=O)N1CCC(NC(=O)OCC(F)(F)F)CC1. The Morgan fingerprint density at radius 3 is 2.14 bits per heavy atom. The Hall–Kier alpha value is -1.47. The predicted molar refractivity (Wildman–Crippen MR) is 69.6 cm³/mol. The maximum Gasteiger partial charge on any atom is 0.422 e. The van der Waals surface area contributed by atoms with Gasteiger partial charge in [-0.05, 0) is 12.8 Å². The number of piperidine rings is 1. The van der Waals surface area contributed by atoms with Crippen LogP contribution in [0.5, 0.6) is 0 Å². The van der Waals surface area contributed by atoms with Crippen LogP contribution < -0.4 is 5.32 Å². The summed E-state index contributed by atoms with van der Waals surface area (Å²) in [6, 6.07) is -0.269. The van der Waals surface area contributed by atoms with Gasteiger partial charge in [0.05, 0.1) is 0 Å². The predicted octanol–water partition coefficient (Wildman–Crippen LogP) is 2.31. The summed E-state index contributed by atoms with van der Waals surface area (Å²) in [6.45, 7) is 4.83. The fourth-order valence-corrected chi connectivity index (χ4v) is 2.06. The standard InChI is InChI=1S/C13H21F3N2O3/c1-12(2,3)10(19)18-6-4-9(5-7-18)17-11(20)21-8-13(14,15)16/h9H,4-8H2,1-3H3,(H,17,20). The number of hydrogen-bond acceptors (Lipinski definition) is 3. The fraction of sp³-hybridized carbons (Fsp3) is 0.846. The molecule has 1 aliphatic heterocycles. The summed E-state index contributed by atoms with van der Waals surface area (Å²) in [5, 5.41) is 2.39. The zero-order valence-electron chi connectivity index (χ0n) is 12.4. The molecule has 122 valence electrons. The Morgan fingerprint density at radius 1 is 1.19 bits per heavy atom. The van der Waals surface area contributed by atoms with E-state index in [2.05, 4.69) is 10.1 Å². The first-order valence-electron chi connectivity index (χ1n) is 6.78. The first-order valence-corrected chi connectivity index (χ1v) is 6.78. The average molecular weight is 310 g/mol. The fourth-order valence-electron chi connectivity index (χ4n) is 2.06. The zero-order chi connectivity index (χ0) is 16.3. The van der Waals surface area contributed by atoms with Crippen molar-refractivity contribution in [3.63, 3.8) is 0 Å². The lowest BCUT2D eigenvalue weighted by Crippen LogP contribution is -2.49. The van der Waals surface area contributed by atoms with Crippen molar-refractivity contribution in [2.24, 2.45) is 5.41 Å². The average Bonchev–Trinajstić information content (AvgIpc) is 2.34. The van der Waals surface area contributed by atoms with Gasteiger partial charge < -0.3 is 15.0 Å². The smallest absolute Gasteiger partial charge is 0.422 e. The van der Waals surface area contributed by atoms with Crippen LogP contribution >= 0.6 is 0 Å². The molecule has 0 aromatic carbocycles. The normalized spacial score (nSPS) is 17.5. The Bertz CT molecular complexity index is 383. The molecular formula is C13H21F3N2O3. The third kappa shape index (κ3) is 6.22. The van der Waals surface area contributed by atoms with Gasteiger partial charge in [0.2, 0.25) is 5.91 Å². The van der Waals surface area contributed by atoms with E-state index in [1.807, 2.05) is 20.8 Å². The molecule has 0 unspecified atom stereocenters. The molecule has 8 heteroatoms. The van der Waals surface area contributed by atoms with E-state index in [1.54, 1.807) is 4.90 Å². The minimum atomic E-state index is -4.53. The molecule has 0 atom stereocenters.